The summed E-state index contributed by atoms with van der Waals surface area (Å²) < 4.78 is 6.39. The maximum Gasteiger partial charge on any atom is 0.185 e. The van der Waals surface area contributed by atoms with E-state index in [4.69, 9.17) is 9.72 Å². The Kier molecular flexibility index (Phi) is 8.57. The minimum Gasteiger partial charge on any atom is -0.488 e. The lowest BCUT2D eigenvalue weighted by molar-refractivity contribution is -0.111. The Hall–Kier alpha value is -2.70. The van der Waals surface area contributed by atoms with Gasteiger partial charge < -0.3 is 19.7 Å². The van der Waals surface area contributed by atoms with Gasteiger partial charge in [-0.1, -0.05) is 49.1 Å². The van der Waals surface area contributed by atoms with Crippen molar-refractivity contribution in [3.8, 4) is 17.0 Å². The SMILES string of the molecule is Cc1ccc(OCc2ccc(CNC3CCCCC3)cc2C)c(-c2csc(N3CCC(C=O)CC3)n2)c1. The number of thiazole rings is 1. The predicted octanol–water partition coefficient (Wildman–Crippen LogP) is 6.84. The molecule has 1 aliphatic carbocycles. The van der Waals surface area contributed by atoms with Crippen LogP contribution < -0.4 is 15.0 Å². The highest BCUT2D eigenvalue weighted by Gasteiger charge is 2.22. The van der Waals surface area contributed by atoms with Gasteiger partial charge in [-0.25, -0.2) is 4.98 Å². The van der Waals surface area contributed by atoms with E-state index in [-0.39, 0.29) is 5.92 Å². The number of benzene rings is 2. The van der Waals surface area contributed by atoms with Crippen LogP contribution >= 0.6 is 11.3 Å². The number of anilines is 1. The number of carbonyl (C=O) groups excluding carboxylic acids is 1. The van der Waals surface area contributed by atoms with Crippen molar-refractivity contribution >= 4 is 22.8 Å². The third kappa shape index (κ3) is 6.60. The number of rotatable bonds is 9. The molecule has 5 nitrogen and oxygen atoms in total. The van der Waals surface area contributed by atoms with Gasteiger partial charge in [-0.3, -0.25) is 0 Å². The van der Waals surface area contributed by atoms with Crippen LogP contribution in [0, 0.1) is 19.8 Å². The zero-order valence-electron chi connectivity index (χ0n) is 22.2. The fourth-order valence-corrected chi connectivity index (χ4v) is 6.36. The van der Waals surface area contributed by atoms with Gasteiger partial charge in [-0.2, -0.15) is 0 Å². The van der Waals surface area contributed by atoms with E-state index in [9.17, 15) is 4.79 Å². The van der Waals surface area contributed by atoms with E-state index >= 15 is 0 Å². The van der Waals surface area contributed by atoms with E-state index < -0.39 is 0 Å². The summed E-state index contributed by atoms with van der Waals surface area (Å²) in [5, 5.41) is 6.90. The van der Waals surface area contributed by atoms with Crippen molar-refractivity contribution in [1.29, 1.82) is 0 Å². The monoisotopic (exact) mass is 517 g/mol. The summed E-state index contributed by atoms with van der Waals surface area (Å²) in [4.78, 5) is 18.4. The molecular weight excluding hydrogens is 478 g/mol. The van der Waals surface area contributed by atoms with Gasteiger partial charge in [-0.15, -0.1) is 11.3 Å². The maximum atomic E-state index is 11.1. The molecule has 5 rings (SSSR count). The number of hydrogen-bond acceptors (Lipinski definition) is 6. The van der Waals surface area contributed by atoms with Crippen LogP contribution in [0.25, 0.3) is 11.3 Å². The quantitative estimate of drug-likeness (QED) is 0.315. The molecule has 37 heavy (non-hydrogen) atoms. The Labute approximate surface area is 225 Å². The molecule has 3 aromatic rings. The van der Waals surface area contributed by atoms with E-state index in [0.717, 1.165) is 60.9 Å². The highest BCUT2D eigenvalue weighted by molar-refractivity contribution is 7.14. The molecule has 0 spiro atoms. The number of hydrogen-bond donors (Lipinski definition) is 1. The van der Waals surface area contributed by atoms with Crippen molar-refractivity contribution in [3.05, 3.63) is 64.0 Å². The number of ether oxygens (including phenoxy) is 1. The van der Waals surface area contributed by atoms with Crippen LogP contribution in [0.2, 0.25) is 0 Å². The van der Waals surface area contributed by atoms with Gasteiger partial charge in [0.25, 0.3) is 0 Å². The Morgan fingerprint density at radius 1 is 1.05 bits per heavy atom. The summed E-state index contributed by atoms with van der Waals surface area (Å²) in [6.07, 6.45) is 9.64. The molecule has 1 aromatic heterocycles. The van der Waals surface area contributed by atoms with Gasteiger partial charge in [0.1, 0.15) is 18.6 Å². The topological polar surface area (TPSA) is 54.5 Å². The summed E-state index contributed by atoms with van der Waals surface area (Å²) in [5.41, 5.74) is 7.01. The third-order valence-electron chi connectivity index (χ3n) is 7.90. The molecule has 0 bridgehead atoms. The third-order valence-corrected chi connectivity index (χ3v) is 8.80. The van der Waals surface area contributed by atoms with Gasteiger partial charge in [0.05, 0.1) is 5.69 Å². The highest BCUT2D eigenvalue weighted by atomic mass is 32.1. The van der Waals surface area contributed by atoms with Crippen LogP contribution in [-0.2, 0) is 17.9 Å². The molecule has 0 unspecified atom stereocenters. The number of aromatic nitrogens is 1. The first-order chi connectivity index (χ1) is 18.1. The first kappa shape index (κ1) is 25.9. The molecule has 2 aromatic carbocycles. The van der Waals surface area contributed by atoms with Crippen molar-refractivity contribution in [2.45, 2.75) is 78.0 Å². The lowest BCUT2D eigenvalue weighted by Crippen LogP contribution is -2.33. The van der Waals surface area contributed by atoms with Gasteiger partial charge >= 0.3 is 0 Å². The smallest absolute Gasteiger partial charge is 0.185 e. The fraction of sp³-hybridized carbons (Fsp3) is 0.484. The van der Waals surface area contributed by atoms with Crippen LogP contribution in [0.5, 0.6) is 5.75 Å². The zero-order chi connectivity index (χ0) is 25.6. The second-order valence-electron chi connectivity index (χ2n) is 10.7. The summed E-state index contributed by atoms with van der Waals surface area (Å²) in [6.45, 7) is 7.54. The van der Waals surface area contributed by atoms with E-state index in [1.807, 2.05) is 0 Å². The number of nitrogens with zero attached hydrogens (tertiary/aromatic N) is 2. The van der Waals surface area contributed by atoms with Crippen molar-refractivity contribution < 1.29 is 9.53 Å². The van der Waals surface area contributed by atoms with E-state index in [1.165, 1.54) is 54.4 Å². The van der Waals surface area contributed by atoms with Crippen molar-refractivity contribution in [3.63, 3.8) is 0 Å². The van der Waals surface area contributed by atoms with Crippen LogP contribution in [0.15, 0.2) is 41.8 Å². The first-order valence-corrected chi connectivity index (χ1v) is 14.7. The van der Waals surface area contributed by atoms with Crippen LogP contribution in [0.4, 0.5) is 5.13 Å². The highest BCUT2D eigenvalue weighted by Crippen LogP contribution is 2.36. The number of aryl methyl sites for hydroxylation is 2. The summed E-state index contributed by atoms with van der Waals surface area (Å²) in [7, 11) is 0. The summed E-state index contributed by atoms with van der Waals surface area (Å²) in [6, 6.07) is 13.8. The molecule has 2 aliphatic rings. The molecule has 0 atom stereocenters. The van der Waals surface area contributed by atoms with Crippen LogP contribution in [0.3, 0.4) is 0 Å². The minimum absolute atomic E-state index is 0.193. The Morgan fingerprint density at radius 2 is 1.86 bits per heavy atom. The molecule has 1 saturated heterocycles. The van der Waals surface area contributed by atoms with Gasteiger partial charge in [-0.05, 0) is 68.4 Å². The van der Waals surface area contributed by atoms with Gasteiger partial charge in [0.2, 0.25) is 0 Å². The standard InChI is InChI=1S/C31H39N3O2S/c1-22-8-11-30(28(16-22)29-21-37-31(33-29)34-14-12-24(19-35)13-15-34)36-20-26-10-9-25(17-23(26)2)18-32-27-6-4-3-5-7-27/h8-11,16-17,19,21,24,27,32H,3-7,12-15,18,20H2,1-2H3. The predicted molar refractivity (Wildman–Crippen MR) is 153 cm³/mol. The Bertz CT molecular complexity index is 1190. The van der Waals surface area contributed by atoms with E-state index in [2.05, 4.69) is 65.8 Å². The van der Waals surface area contributed by atoms with Gasteiger partial charge in [0.15, 0.2) is 5.13 Å². The van der Waals surface area contributed by atoms with Crippen molar-refractivity contribution in [1.82, 2.24) is 10.3 Å². The largest absolute Gasteiger partial charge is 0.488 e. The number of nitrogens with one attached hydrogen (secondary N) is 1. The van der Waals surface area contributed by atoms with Crippen LogP contribution in [0.1, 0.15) is 67.2 Å². The summed E-state index contributed by atoms with van der Waals surface area (Å²) in [5.74, 6) is 1.06. The van der Waals surface area contributed by atoms with Crippen molar-refractivity contribution in [2.24, 2.45) is 5.92 Å². The Morgan fingerprint density at radius 3 is 2.62 bits per heavy atom. The molecule has 0 amide bonds. The zero-order valence-corrected chi connectivity index (χ0v) is 23.0. The number of piperidine rings is 1. The number of aldehydes is 1. The first-order valence-electron chi connectivity index (χ1n) is 13.8. The lowest BCUT2D eigenvalue weighted by Gasteiger charge is -2.29. The normalized spacial score (nSPS) is 17.2. The second-order valence-corrected chi connectivity index (χ2v) is 11.6. The molecule has 196 valence electrons. The minimum atomic E-state index is 0.193. The lowest BCUT2D eigenvalue weighted by atomic mass is 9.95. The molecule has 2 fully saturated rings. The average molecular weight is 518 g/mol. The average Bonchev–Trinajstić information content (AvgIpc) is 3.43. The second kappa shape index (κ2) is 12.2. The van der Waals surface area contributed by atoms with E-state index in [0.29, 0.717) is 12.6 Å². The molecule has 6 heteroatoms. The molecular formula is C31H39N3O2S. The van der Waals surface area contributed by atoms with Gasteiger partial charge in [0, 0.05) is 42.5 Å². The molecule has 1 aliphatic heterocycles. The molecule has 1 N–H and O–H groups in total. The Balaban J connectivity index is 1.24. The number of carbonyl (C=O) groups is 1. The molecule has 2 heterocycles. The fourth-order valence-electron chi connectivity index (χ4n) is 5.48. The van der Waals surface area contributed by atoms with Crippen LogP contribution in [-0.4, -0.2) is 30.4 Å². The van der Waals surface area contributed by atoms with E-state index in [1.54, 1.807) is 11.3 Å². The molecule has 1 saturated carbocycles. The van der Waals surface area contributed by atoms with Crippen molar-refractivity contribution in [2.75, 3.05) is 18.0 Å². The molecule has 0 radical (unpaired) electrons. The maximum absolute atomic E-state index is 11.1. The summed E-state index contributed by atoms with van der Waals surface area (Å²) >= 11 is 1.67.